The van der Waals surface area contributed by atoms with E-state index < -0.39 is 10.0 Å². The third-order valence-corrected chi connectivity index (χ3v) is 5.16. The molecular formula is C14H18N2O2S2. The van der Waals surface area contributed by atoms with Crippen molar-refractivity contribution in [3.63, 3.8) is 0 Å². The lowest BCUT2D eigenvalue weighted by Gasteiger charge is -2.14. The predicted molar refractivity (Wildman–Crippen MR) is 83.4 cm³/mol. The number of hydrogen-bond acceptors (Lipinski definition) is 4. The van der Waals surface area contributed by atoms with Crippen LogP contribution in [0.5, 0.6) is 0 Å². The average molecular weight is 310 g/mol. The third kappa shape index (κ3) is 3.82. The molecule has 1 aromatic heterocycles. The minimum absolute atomic E-state index is 0.170. The molecule has 0 saturated heterocycles. The molecule has 0 saturated carbocycles. The molecule has 6 heteroatoms. The average Bonchev–Trinajstić information content (AvgIpc) is 2.79. The second-order valence-electron chi connectivity index (χ2n) is 4.94. The molecule has 0 bridgehead atoms. The van der Waals surface area contributed by atoms with Crippen LogP contribution in [0.3, 0.4) is 0 Å². The molecule has 2 aromatic rings. The summed E-state index contributed by atoms with van der Waals surface area (Å²) in [7, 11) is -3.53. The molecule has 0 aliphatic carbocycles. The lowest BCUT2D eigenvalue weighted by Crippen LogP contribution is -2.34. The standard InChI is InChI=1S/C14H18N2O2S2/c1-10-5-13(15)8-14(6-10)20(17,18)16-11(2)7-12-3-4-19-9-12/h3-6,8-9,11,16H,7,15H2,1-2H3. The highest BCUT2D eigenvalue weighted by molar-refractivity contribution is 7.89. The van der Waals surface area contributed by atoms with Crippen LogP contribution < -0.4 is 10.5 Å². The second kappa shape index (κ2) is 5.95. The van der Waals surface area contributed by atoms with Crippen LogP contribution in [0.2, 0.25) is 0 Å². The van der Waals surface area contributed by atoms with Gasteiger partial charge in [0.2, 0.25) is 10.0 Å². The molecule has 0 aliphatic heterocycles. The Hall–Kier alpha value is -1.37. The van der Waals surface area contributed by atoms with E-state index in [1.807, 2.05) is 30.7 Å². The highest BCUT2D eigenvalue weighted by atomic mass is 32.2. The number of aryl methyl sites for hydroxylation is 1. The Bertz CT molecular complexity index is 659. The van der Waals surface area contributed by atoms with Gasteiger partial charge in [-0.3, -0.25) is 0 Å². The number of anilines is 1. The summed E-state index contributed by atoms with van der Waals surface area (Å²) >= 11 is 1.61. The van der Waals surface area contributed by atoms with E-state index in [4.69, 9.17) is 5.73 Å². The van der Waals surface area contributed by atoms with Crippen LogP contribution in [0.4, 0.5) is 5.69 Å². The number of nitrogens with two attached hydrogens (primary N) is 1. The molecule has 0 fully saturated rings. The quantitative estimate of drug-likeness (QED) is 0.834. The van der Waals surface area contributed by atoms with Crippen LogP contribution in [0, 0.1) is 6.92 Å². The lowest BCUT2D eigenvalue weighted by molar-refractivity contribution is 0.560. The summed E-state index contributed by atoms with van der Waals surface area (Å²) < 4.78 is 27.3. The summed E-state index contributed by atoms with van der Waals surface area (Å²) in [6, 6.07) is 6.67. The van der Waals surface area contributed by atoms with E-state index in [-0.39, 0.29) is 10.9 Å². The Labute approximate surface area is 123 Å². The number of benzene rings is 1. The first kappa shape index (κ1) is 15.0. The van der Waals surface area contributed by atoms with E-state index in [2.05, 4.69) is 4.72 Å². The minimum Gasteiger partial charge on any atom is -0.399 e. The van der Waals surface area contributed by atoms with Crippen LogP contribution in [0.25, 0.3) is 0 Å². The van der Waals surface area contributed by atoms with Crippen molar-refractivity contribution in [2.75, 3.05) is 5.73 Å². The number of hydrogen-bond donors (Lipinski definition) is 2. The molecule has 3 N–H and O–H groups in total. The van der Waals surface area contributed by atoms with Crippen molar-refractivity contribution in [2.45, 2.75) is 31.2 Å². The van der Waals surface area contributed by atoms with Gasteiger partial charge in [0, 0.05) is 11.7 Å². The summed E-state index contributed by atoms with van der Waals surface area (Å²) in [6.07, 6.45) is 0.671. The van der Waals surface area contributed by atoms with Gasteiger partial charge in [0.05, 0.1) is 4.90 Å². The van der Waals surface area contributed by atoms with Gasteiger partial charge in [-0.05, 0) is 66.4 Å². The first-order chi connectivity index (χ1) is 9.37. The molecule has 2 rings (SSSR count). The summed E-state index contributed by atoms with van der Waals surface area (Å²) in [4.78, 5) is 0.215. The zero-order valence-electron chi connectivity index (χ0n) is 11.5. The van der Waals surface area contributed by atoms with Crippen LogP contribution in [0.1, 0.15) is 18.1 Å². The maximum atomic E-state index is 12.3. The first-order valence-electron chi connectivity index (χ1n) is 6.27. The molecule has 0 aliphatic rings. The van der Waals surface area contributed by atoms with Gasteiger partial charge in [0.15, 0.2) is 0 Å². The van der Waals surface area contributed by atoms with E-state index in [1.165, 1.54) is 6.07 Å². The van der Waals surface area contributed by atoms with Gasteiger partial charge in [-0.1, -0.05) is 0 Å². The van der Waals surface area contributed by atoms with Gasteiger partial charge in [-0.25, -0.2) is 13.1 Å². The fourth-order valence-electron chi connectivity index (χ4n) is 2.07. The predicted octanol–water partition coefficient (Wildman–Crippen LogP) is 2.55. The molecule has 1 unspecified atom stereocenters. The van der Waals surface area contributed by atoms with Gasteiger partial charge in [-0.2, -0.15) is 11.3 Å². The van der Waals surface area contributed by atoms with Crippen molar-refractivity contribution in [1.82, 2.24) is 4.72 Å². The number of rotatable bonds is 5. The number of nitrogen functional groups attached to an aromatic ring is 1. The number of thiophene rings is 1. The molecule has 1 heterocycles. The maximum absolute atomic E-state index is 12.3. The Morgan fingerprint density at radius 3 is 2.70 bits per heavy atom. The SMILES string of the molecule is Cc1cc(N)cc(S(=O)(=O)NC(C)Cc2ccsc2)c1. The molecule has 4 nitrogen and oxygen atoms in total. The lowest BCUT2D eigenvalue weighted by atomic mass is 10.1. The Morgan fingerprint density at radius 1 is 1.35 bits per heavy atom. The van der Waals surface area contributed by atoms with Crippen molar-refractivity contribution in [2.24, 2.45) is 0 Å². The highest BCUT2D eigenvalue weighted by Crippen LogP contribution is 2.17. The molecule has 1 atom stereocenters. The zero-order chi connectivity index (χ0) is 14.8. The van der Waals surface area contributed by atoms with Crippen molar-refractivity contribution in [3.05, 3.63) is 46.2 Å². The number of nitrogens with one attached hydrogen (secondary N) is 1. The van der Waals surface area contributed by atoms with Crippen LogP contribution >= 0.6 is 11.3 Å². The van der Waals surface area contributed by atoms with E-state index in [9.17, 15) is 8.42 Å². The Morgan fingerprint density at radius 2 is 2.10 bits per heavy atom. The second-order valence-corrected chi connectivity index (χ2v) is 7.43. The third-order valence-electron chi connectivity index (χ3n) is 2.86. The van der Waals surface area contributed by atoms with Crippen molar-refractivity contribution < 1.29 is 8.42 Å². The summed E-state index contributed by atoms with van der Waals surface area (Å²) in [5.41, 5.74) is 8.12. The topological polar surface area (TPSA) is 72.2 Å². The van der Waals surface area contributed by atoms with E-state index in [1.54, 1.807) is 23.5 Å². The van der Waals surface area contributed by atoms with Gasteiger partial charge in [-0.15, -0.1) is 0 Å². The zero-order valence-corrected chi connectivity index (χ0v) is 13.1. The molecule has 0 spiro atoms. The molecule has 0 radical (unpaired) electrons. The monoisotopic (exact) mass is 310 g/mol. The minimum atomic E-state index is -3.53. The van der Waals surface area contributed by atoms with E-state index in [0.717, 1.165) is 11.1 Å². The van der Waals surface area contributed by atoms with E-state index in [0.29, 0.717) is 12.1 Å². The first-order valence-corrected chi connectivity index (χ1v) is 8.70. The maximum Gasteiger partial charge on any atom is 0.240 e. The Kier molecular flexibility index (Phi) is 4.47. The van der Waals surface area contributed by atoms with Crippen LogP contribution in [0.15, 0.2) is 39.9 Å². The van der Waals surface area contributed by atoms with Gasteiger partial charge in [0.1, 0.15) is 0 Å². The van der Waals surface area contributed by atoms with E-state index >= 15 is 0 Å². The fraction of sp³-hybridized carbons (Fsp3) is 0.286. The smallest absolute Gasteiger partial charge is 0.240 e. The molecule has 1 aromatic carbocycles. The van der Waals surface area contributed by atoms with Crippen molar-refractivity contribution >= 4 is 27.0 Å². The van der Waals surface area contributed by atoms with Crippen LogP contribution in [-0.2, 0) is 16.4 Å². The Balaban J connectivity index is 2.14. The summed E-state index contributed by atoms with van der Waals surface area (Å²) in [5.74, 6) is 0. The molecule has 108 valence electrons. The van der Waals surface area contributed by atoms with Gasteiger partial charge >= 0.3 is 0 Å². The highest BCUT2D eigenvalue weighted by Gasteiger charge is 2.18. The molecule has 0 amide bonds. The molecule has 20 heavy (non-hydrogen) atoms. The molecular weight excluding hydrogens is 292 g/mol. The van der Waals surface area contributed by atoms with Gasteiger partial charge < -0.3 is 5.73 Å². The summed E-state index contributed by atoms with van der Waals surface area (Å²) in [5, 5.41) is 4.01. The van der Waals surface area contributed by atoms with Crippen molar-refractivity contribution in [1.29, 1.82) is 0 Å². The van der Waals surface area contributed by atoms with Gasteiger partial charge in [0.25, 0.3) is 0 Å². The largest absolute Gasteiger partial charge is 0.399 e. The van der Waals surface area contributed by atoms with Crippen LogP contribution in [-0.4, -0.2) is 14.5 Å². The van der Waals surface area contributed by atoms with Crippen molar-refractivity contribution in [3.8, 4) is 0 Å². The number of sulfonamides is 1. The normalized spacial score (nSPS) is 13.3. The summed E-state index contributed by atoms with van der Waals surface area (Å²) in [6.45, 7) is 3.68. The fourth-order valence-corrected chi connectivity index (χ4v) is 4.13.